The minimum atomic E-state index is -4.73. The van der Waals surface area contributed by atoms with E-state index in [1.165, 1.54) is 23.3 Å². The van der Waals surface area contributed by atoms with Crippen LogP contribution >= 0.6 is 0 Å². The number of hydrogen-bond acceptors (Lipinski definition) is 4. The number of alkyl halides is 3. The smallest absolute Gasteiger partial charge is 0.376 e. The molecule has 1 aliphatic heterocycles. The Hall–Kier alpha value is -2.74. The second-order valence-electron chi connectivity index (χ2n) is 9.85. The number of pyridine rings is 1. The lowest BCUT2D eigenvalue weighted by Crippen LogP contribution is -2.52. The second kappa shape index (κ2) is 11.1. The summed E-state index contributed by atoms with van der Waals surface area (Å²) in [5.74, 6) is 0. The topological polar surface area (TPSA) is 39.6 Å². The quantitative estimate of drug-likeness (QED) is 0.414. The third-order valence-electron chi connectivity index (χ3n) is 7.14. The first-order valence-electron chi connectivity index (χ1n) is 12.5. The van der Waals surface area contributed by atoms with E-state index in [1.54, 1.807) is 12.1 Å². The van der Waals surface area contributed by atoms with E-state index in [0.29, 0.717) is 6.04 Å². The largest absolute Gasteiger partial charge is 0.421 e. The summed E-state index contributed by atoms with van der Waals surface area (Å²) in [7, 11) is 0. The predicted molar refractivity (Wildman–Crippen MR) is 136 cm³/mol. The summed E-state index contributed by atoms with van der Waals surface area (Å²) in [4.78, 5) is 9.21. The number of halogens is 3. The molecule has 7 heteroatoms. The van der Waals surface area contributed by atoms with Gasteiger partial charge in [0.2, 0.25) is 0 Å². The Labute approximate surface area is 211 Å². The van der Waals surface area contributed by atoms with Crippen molar-refractivity contribution in [3.8, 4) is 11.1 Å². The van der Waals surface area contributed by atoms with Gasteiger partial charge in [0.05, 0.1) is 0 Å². The standard InChI is InChI=1S/C29H34F3N3O/c1-3-4-27-21-34(17-18-35(27)20-23-13-15-33-16-14-23)19-22-5-7-24(8-6-22)25-9-11-26(12-10-25)28(2,36)29(30,31)32/h5-16,27,36H,3-4,17-21H2,1-2H3. The average molecular weight is 498 g/mol. The van der Waals surface area contributed by atoms with Crippen LogP contribution in [0.5, 0.6) is 0 Å². The van der Waals surface area contributed by atoms with E-state index in [9.17, 15) is 18.3 Å². The fraction of sp³-hybridized carbons (Fsp3) is 0.414. The van der Waals surface area contributed by atoms with E-state index < -0.39 is 11.8 Å². The first-order valence-corrected chi connectivity index (χ1v) is 12.5. The predicted octanol–water partition coefficient (Wildman–Crippen LogP) is 6.00. The van der Waals surface area contributed by atoms with Gasteiger partial charge in [-0.25, -0.2) is 0 Å². The first kappa shape index (κ1) is 26.3. The molecule has 1 aromatic heterocycles. The summed E-state index contributed by atoms with van der Waals surface area (Å²) >= 11 is 0. The monoisotopic (exact) mass is 497 g/mol. The summed E-state index contributed by atoms with van der Waals surface area (Å²) in [6.45, 7) is 7.90. The van der Waals surface area contributed by atoms with E-state index in [4.69, 9.17) is 0 Å². The molecular weight excluding hydrogens is 463 g/mol. The third kappa shape index (κ3) is 6.14. The molecule has 0 saturated carbocycles. The molecule has 2 aromatic carbocycles. The van der Waals surface area contributed by atoms with E-state index in [-0.39, 0.29) is 5.56 Å². The maximum atomic E-state index is 13.1. The molecular formula is C29H34F3N3O. The molecule has 1 aliphatic rings. The van der Waals surface area contributed by atoms with Crippen molar-refractivity contribution in [2.75, 3.05) is 19.6 Å². The summed E-state index contributed by atoms with van der Waals surface area (Å²) in [5.41, 5.74) is 1.23. The SMILES string of the molecule is CCCC1CN(Cc2ccc(-c3ccc(C(C)(O)C(F)(F)F)cc3)cc2)CCN1Cc1ccncc1. The van der Waals surface area contributed by atoms with Crippen molar-refractivity contribution < 1.29 is 18.3 Å². The van der Waals surface area contributed by atoms with Crippen LogP contribution in [0.25, 0.3) is 11.1 Å². The van der Waals surface area contributed by atoms with Crippen LogP contribution in [0.15, 0.2) is 73.1 Å². The molecule has 4 nitrogen and oxygen atoms in total. The number of aromatic nitrogens is 1. The Kier molecular flexibility index (Phi) is 8.13. The van der Waals surface area contributed by atoms with Gasteiger partial charge in [0.1, 0.15) is 0 Å². The number of aliphatic hydroxyl groups is 1. The van der Waals surface area contributed by atoms with Gasteiger partial charge in [0.25, 0.3) is 0 Å². The minimum Gasteiger partial charge on any atom is -0.376 e. The zero-order valence-electron chi connectivity index (χ0n) is 20.9. The molecule has 0 spiro atoms. The highest BCUT2D eigenvalue weighted by Crippen LogP contribution is 2.39. The van der Waals surface area contributed by atoms with Gasteiger partial charge in [-0.1, -0.05) is 61.9 Å². The second-order valence-corrected chi connectivity index (χ2v) is 9.85. The molecule has 3 aromatic rings. The lowest BCUT2D eigenvalue weighted by Gasteiger charge is -2.41. The highest BCUT2D eigenvalue weighted by atomic mass is 19.4. The molecule has 1 N–H and O–H groups in total. The van der Waals surface area contributed by atoms with Crippen molar-refractivity contribution in [2.24, 2.45) is 0 Å². The molecule has 36 heavy (non-hydrogen) atoms. The van der Waals surface area contributed by atoms with Crippen LogP contribution in [0, 0.1) is 0 Å². The molecule has 0 radical (unpaired) electrons. The summed E-state index contributed by atoms with van der Waals surface area (Å²) in [6.07, 6.45) is 1.29. The lowest BCUT2D eigenvalue weighted by molar-refractivity contribution is -0.258. The van der Waals surface area contributed by atoms with Gasteiger partial charge >= 0.3 is 6.18 Å². The molecule has 2 unspecified atom stereocenters. The van der Waals surface area contributed by atoms with Crippen LogP contribution in [0.1, 0.15) is 43.4 Å². The van der Waals surface area contributed by atoms with Crippen molar-refractivity contribution in [3.05, 3.63) is 89.7 Å². The van der Waals surface area contributed by atoms with Gasteiger partial charge in [-0.05, 0) is 53.3 Å². The van der Waals surface area contributed by atoms with Crippen LogP contribution in [0.4, 0.5) is 13.2 Å². The molecule has 0 bridgehead atoms. The average Bonchev–Trinajstić information content (AvgIpc) is 2.86. The van der Waals surface area contributed by atoms with Gasteiger partial charge in [0, 0.05) is 51.2 Å². The highest BCUT2D eigenvalue weighted by Gasteiger charge is 2.51. The maximum Gasteiger partial charge on any atom is 0.421 e. The highest BCUT2D eigenvalue weighted by molar-refractivity contribution is 5.64. The molecule has 2 atom stereocenters. The Morgan fingerprint density at radius 2 is 1.44 bits per heavy atom. The summed E-state index contributed by atoms with van der Waals surface area (Å²) < 4.78 is 39.3. The van der Waals surface area contributed by atoms with Gasteiger partial charge in [-0.3, -0.25) is 14.8 Å². The normalized spacial score (nSPS) is 19.2. The van der Waals surface area contributed by atoms with Crippen molar-refractivity contribution >= 4 is 0 Å². The molecule has 1 fully saturated rings. The van der Waals surface area contributed by atoms with Gasteiger partial charge in [-0.15, -0.1) is 0 Å². The third-order valence-corrected chi connectivity index (χ3v) is 7.14. The molecule has 2 heterocycles. The maximum absolute atomic E-state index is 13.1. The molecule has 0 amide bonds. The van der Waals surface area contributed by atoms with E-state index in [2.05, 4.69) is 46.0 Å². The van der Waals surface area contributed by atoms with E-state index in [1.807, 2.05) is 24.5 Å². The zero-order chi connectivity index (χ0) is 25.8. The summed E-state index contributed by atoms with van der Waals surface area (Å²) in [6, 6.07) is 18.8. The Balaban J connectivity index is 1.38. The van der Waals surface area contributed by atoms with E-state index >= 15 is 0 Å². The number of hydrogen-bond donors (Lipinski definition) is 1. The first-order chi connectivity index (χ1) is 17.2. The number of nitrogens with zero attached hydrogens (tertiary/aromatic N) is 3. The lowest BCUT2D eigenvalue weighted by atomic mass is 9.93. The van der Waals surface area contributed by atoms with Crippen LogP contribution in [-0.2, 0) is 18.7 Å². The number of piperazine rings is 1. The van der Waals surface area contributed by atoms with Crippen molar-refractivity contribution in [1.82, 2.24) is 14.8 Å². The van der Waals surface area contributed by atoms with Crippen molar-refractivity contribution in [2.45, 2.75) is 57.6 Å². The summed E-state index contributed by atoms with van der Waals surface area (Å²) in [5, 5.41) is 9.88. The molecule has 0 aliphatic carbocycles. The minimum absolute atomic E-state index is 0.167. The van der Waals surface area contributed by atoms with Gasteiger partial charge in [0.15, 0.2) is 5.60 Å². The van der Waals surface area contributed by atoms with Crippen LogP contribution < -0.4 is 0 Å². The molecule has 192 valence electrons. The van der Waals surface area contributed by atoms with Crippen LogP contribution in [0.2, 0.25) is 0 Å². The zero-order valence-corrected chi connectivity index (χ0v) is 20.9. The van der Waals surface area contributed by atoms with Crippen LogP contribution in [0.3, 0.4) is 0 Å². The van der Waals surface area contributed by atoms with Gasteiger partial charge in [-0.2, -0.15) is 13.2 Å². The van der Waals surface area contributed by atoms with E-state index in [0.717, 1.165) is 63.6 Å². The Bertz CT molecular complexity index is 1100. The number of rotatable bonds is 8. The van der Waals surface area contributed by atoms with Crippen molar-refractivity contribution in [3.63, 3.8) is 0 Å². The molecule has 4 rings (SSSR count). The Morgan fingerprint density at radius 1 is 0.861 bits per heavy atom. The van der Waals surface area contributed by atoms with Crippen LogP contribution in [-0.4, -0.2) is 51.7 Å². The van der Waals surface area contributed by atoms with Gasteiger partial charge < -0.3 is 5.11 Å². The fourth-order valence-corrected chi connectivity index (χ4v) is 4.85. The Morgan fingerprint density at radius 3 is 2.03 bits per heavy atom. The van der Waals surface area contributed by atoms with Crippen molar-refractivity contribution in [1.29, 1.82) is 0 Å². The fourth-order valence-electron chi connectivity index (χ4n) is 4.85. The molecule has 1 saturated heterocycles. The number of benzene rings is 2.